The number of furan rings is 1. The van der Waals surface area contributed by atoms with Gasteiger partial charge < -0.3 is 9.15 Å². The van der Waals surface area contributed by atoms with E-state index in [1.807, 2.05) is 25.1 Å². The highest BCUT2D eigenvalue weighted by Gasteiger charge is 2.28. The molecule has 0 fully saturated rings. The molecule has 142 valence electrons. The number of esters is 1. The number of aromatic nitrogens is 1. The van der Waals surface area contributed by atoms with Gasteiger partial charge in [0.05, 0.1) is 0 Å². The number of carbonyl (C=O) groups excluding carboxylic acids is 2. The van der Waals surface area contributed by atoms with Gasteiger partial charge in [-0.25, -0.2) is 4.79 Å². The minimum Gasteiger partial charge on any atom is -0.451 e. The highest BCUT2D eigenvalue weighted by atomic mass is 16.5. The maximum absolute atomic E-state index is 12.7. The monoisotopic (exact) mass is 376 g/mol. The third-order valence-electron chi connectivity index (χ3n) is 4.52. The lowest BCUT2D eigenvalue weighted by Gasteiger charge is -2.12. The fourth-order valence-corrected chi connectivity index (χ4v) is 2.94. The first-order chi connectivity index (χ1) is 13.5. The van der Waals surface area contributed by atoms with Crippen LogP contribution in [0, 0.1) is 18.3 Å². The van der Waals surface area contributed by atoms with Gasteiger partial charge in [0.1, 0.15) is 23.0 Å². The second-order valence-electron chi connectivity index (χ2n) is 6.38. The first-order valence-electron chi connectivity index (χ1n) is 8.97. The predicted octanol–water partition coefficient (Wildman–Crippen LogP) is 4.24. The van der Waals surface area contributed by atoms with Crippen molar-refractivity contribution in [2.75, 3.05) is 0 Å². The molecule has 0 unspecified atom stereocenters. The van der Waals surface area contributed by atoms with Crippen LogP contribution in [-0.4, -0.2) is 22.4 Å². The van der Waals surface area contributed by atoms with E-state index in [0.717, 1.165) is 12.0 Å². The number of benzene rings is 1. The average molecular weight is 376 g/mol. The van der Waals surface area contributed by atoms with Crippen LogP contribution in [0.2, 0.25) is 0 Å². The zero-order chi connectivity index (χ0) is 20.3. The Bertz CT molecular complexity index is 1040. The van der Waals surface area contributed by atoms with Crippen LogP contribution in [0.4, 0.5) is 0 Å². The second kappa shape index (κ2) is 7.97. The van der Waals surface area contributed by atoms with Crippen molar-refractivity contribution >= 4 is 11.8 Å². The quantitative estimate of drug-likeness (QED) is 0.474. The van der Waals surface area contributed by atoms with Crippen LogP contribution in [0.15, 0.2) is 53.2 Å². The van der Waals surface area contributed by atoms with E-state index in [2.05, 4.69) is 0 Å². The highest BCUT2D eigenvalue weighted by Crippen LogP contribution is 2.26. The lowest BCUT2D eigenvalue weighted by molar-refractivity contribution is 0.0317. The van der Waals surface area contributed by atoms with Gasteiger partial charge in [-0.15, -0.1) is 0 Å². The maximum atomic E-state index is 12.7. The molecule has 2 aromatic heterocycles. The van der Waals surface area contributed by atoms with Gasteiger partial charge >= 0.3 is 5.97 Å². The van der Waals surface area contributed by atoms with Crippen molar-refractivity contribution in [1.82, 2.24) is 4.57 Å². The van der Waals surface area contributed by atoms with E-state index in [4.69, 9.17) is 9.15 Å². The Morgan fingerprint density at radius 3 is 2.43 bits per heavy atom. The Labute approximate surface area is 163 Å². The molecule has 0 spiro atoms. The third kappa shape index (κ3) is 3.60. The molecule has 0 N–H and O–H groups in total. The number of hydrogen-bond donors (Lipinski definition) is 0. The fourth-order valence-electron chi connectivity index (χ4n) is 2.94. The van der Waals surface area contributed by atoms with Crippen LogP contribution < -0.4 is 0 Å². The summed E-state index contributed by atoms with van der Waals surface area (Å²) in [5.74, 6) is -0.563. The van der Waals surface area contributed by atoms with Gasteiger partial charge in [-0.3, -0.25) is 9.36 Å². The Hall–Kier alpha value is -3.59. The molecule has 0 aliphatic carbocycles. The molecule has 0 aliphatic heterocycles. The summed E-state index contributed by atoms with van der Waals surface area (Å²) >= 11 is 0. The summed E-state index contributed by atoms with van der Waals surface area (Å²) in [4.78, 5) is 25.3. The van der Waals surface area contributed by atoms with E-state index in [-0.39, 0.29) is 28.6 Å². The lowest BCUT2D eigenvalue weighted by atomic mass is 10.0. The van der Waals surface area contributed by atoms with E-state index in [0.29, 0.717) is 5.56 Å². The molecule has 2 heterocycles. The predicted molar refractivity (Wildman–Crippen MR) is 103 cm³/mol. The first kappa shape index (κ1) is 19.2. The number of Topliss-reactive ketones (excluding diaryl/α,β-unsaturated/α-hetero) is 1. The molecule has 1 aromatic carbocycles. The van der Waals surface area contributed by atoms with E-state index >= 15 is 0 Å². The molecule has 1 atom stereocenters. The van der Waals surface area contributed by atoms with Gasteiger partial charge in [-0.2, -0.15) is 5.26 Å². The van der Waals surface area contributed by atoms with Crippen LogP contribution in [0.5, 0.6) is 0 Å². The molecule has 6 heteroatoms. The number of ether oxygens (including phenoxy) is 1. The van der Waals surface area contributed by atoms with E-state index < -0.39 is 12.1 Å². The molecule has 3 rings (SSSR count). The van der Waals surface area contributed by atoms with Crippen molar-refractivity contribution in [2.45, 2.75) is 33.3 Å². The number of rotatable bonds is 6. The molecular formula is C22H20N2O4. The largest absolute Gasteiger partial charge is 0.451 e. The molecule has 0 amide bonds. The van der Waals surface area contributed by atoms with Crippen molar-refractivity contribution in [1.29, 1.82) is 5.26 Å². The Morgan fingerprint density at radius 1 is 1.21 bits per heavy atom. The van der Waals surface area contributed by atoms with Crippen molar-refractivity contribution in [3.05, 3.63) is 76.8 Å². The topological polar surface area (TPSA) is 85.2 Å². The van der Waals surface area contributed by atoms with Gasteiger partial charge in [-0.05, 0) is 38.0 Å². The first-order valence-corrected chi connectivity index (χ1v) is 8.97. The van der Waals surface area contributed by atoms with Crippen LogP contribution >= 0.6 is 0 Å². The van der Waals surface area contributed by atoms with Gasteiger partial charge in [0.15, 0.2) is 6.10 Å². The minimum absolute atomic E-state index is 0.0344. The third-order valence-corrected chi connectivity index (χ3v) is 4.52. The normalized spacial score (nSPS) is 11.6. The second-order valence-corrected chi connectivity index (χ2v) is 6.38. The molecule has 0 bridgehead atoms. The Kier molecular flexibility index (Phi) is 5.46. The number of carbonyl (C=O) groups is 2. The summed E-state index contributed by atoms with van der Waals surface area (Å²) in [6.07, 6.45) is 3.30. The number of nitriles is 1. The molecule has 6 nitrogen and oxygen atoms in total. The summed E-state index contributed by atoms with van der Waals surface area (Å²) in [5.41, 5.74) is 1.69. The summed E-state index contributed by atoms with van der Waals surface area (Å²) in [5, 5.41) is 9.53. The molecular weight excluding hydrogens is 356 g/mol. The van der Waals surface area contributed by atoms with E-state index in [1.165, 1.54) is 6.92 Å². The van der Waals surface area contributed by atoms with Crippen molar-refractivity contribution in [2.24, 2.45) is 0 Å². The molecule has 0 saturated heterocycles. The summed E-state index contributed by atoms with van der Waals surface area (Å²) in [6, 6.07) is 12.8. The maximum Gasteiger partial charge on any atom is 0.343 e. The Morgan fingerprint density at radius 2 is 1.86 bits per heavy atom. The molecule has 3 aromatic rings. The molecule has 0 aliphatic rings. The van der Waals surface area contributed by atoms with Crippen molar-refractivity contribution < 1.29 is 18.7 Å². The smallest absolute Gasteiger partial charge is 0.343 e. The summed E-state index contributed by atoms with van der Waals surface area (Å²) in [6.45, 7) is 5.13. The summed E-state index contributed by atoms with van der Waals surface area (Å²) in [7, 11) is 0. The van der Waals surface area contributed by atoms with Crippen molar-refractivity contribution in [3.63, 3.8) is 0 Å². The van der Waals surface area contributed by atoms with E-state index in [1.54, 1.807) is 48.1 Å². The van der Waals surface area contributed by atoms with Crippen LogP contribution in [0.1, 0.15) is 51.5 Å². The number of hydrogen-bond acceptors (Lipinski definition) is 5. The highest BCUT2D eigenvalue weighted by molar-refractivity contribution is 6.02. The number of aryl methyl sites for hydroxylation is 2. The van der Waals surface area contributed by atoms with Crippen LogP contribution in [0.25, 0.3) is 5.88 Å². The van der Waals surface area contributed by atoms with Crippen molar-refractivity contribution in [3.8, 4) is 12.0 Å². The zero-order valence-electron chi connectivity index (χ0n) is 15.9. The van der Waals surface area contributed by atoms with Gasteiger partial charge in [0.25, 0.3) is 0 Å². The summed E-state index contributed by atoms with van der Waals surface area (Å²) < 4.78 is 12.6. The SMILES string of the molecule is CCc1ccc(C(=O)[C@H](C)OC(=O)c2c(C)oc(-n3cccc3)c2C#N)cc1. The van der Waals surface area contributed by atoms with E-state index in [9.17, 15) is 14.9 Å². The standard InChI is InChI=1S/C22H20N2O4/c1-4-16-7-9-17(10-8-16)20(25)15(3)28-22(26)19-14(2)27-21(18(19)13-23)24-11-5-6-12-24/h5-12,15H,4H2,1-3H3/t15-/m0/s1. The number of ketones is 1. The zero-order valence-corrected chi connectivity index (χ0v) is 15.9. The van der Waals surface area contributed by atoms with Gasteiger partial charge in [0, 0.05) is 18.0 Å². The molecule has 28 heavy (non-hydrogen) atoms. The Balaban J connectivity index is 1.82. The van der Waals surface area contributed by atoms with Crippen LogP contribution in [-0.2, 0) is 11.2 Å². The van der Waals surface area contributed by atoms with Gasteiger partial charge in [0.2, 0.25) is 11.7 Å². The molecule has 0 radical (unpaired) electrons. The molecule has 0 saturated carbocycles. The fraction of sp³-hybridized carbons (Fsp3) is 0.227. The number of nitrogens with zero attached hydrogens (tertiary/aromatic N) is 2. The lowest BCUT2D eigenvalue weighted by Crippen LogP contribution is -2.25. The minimum atomic E-state index is -0.990. The average Bonchev–Trinajstić information content (AvgIpc) is 3.34. The van der Waals surface area contributed by atoms with Gasteiger partial charge in [-0.1, -0.05) is 31.2 Å². The van der Waals surface area contributed by atoms with Crippen LogP contribution in [0.3, 0.4) is 0 Å².